The van der Waals surface area contributed by atoms with Crippen LogP contribution in [0.25, 0.3) is 0 Å². The molecule has 1 aromatic rings. The summed E-state index contributed by atoms with van der Waals surface area (Å²) in [5, 5.41) is 11.9. The minimum absolute atomic E-state index is 0.0826. The summed E-state index contributed by atoms with van der Waals surface area (Å²) in [6.45, 7) is 5.55. The highest BCUT2D eigenvalue weighted by Crippen LogP contribution is 2.22. The van der Waals surface area contributed by atoms with Gasteiger partial charge in [-0.05, 0) is 11.6 Å². The Labute approximate surface area is 112 Å². The smallest absolute Gasteiger partial charge is 0.339 e. The molecule has 1 rings (SSSR count). The predicted molar refractivity (Wildman–Crippen MR) is 71.3 cm³/mol. The summed E-state index contributed by atoms with van der Waals surface area (Å²) >= 11 is 0. The molecule has 5 nitrogen and oxygen atoms in total. The SMILES string of the molecule is COc1cccc(CNC(=O)C(C)(C)C)c1C(=O)O. The Kier molecular flexibility index (Phi) is 4.53. The van der Waals surface area contributed by atoms with E-state index in [1.165, 1.54) is 7.11 Å². The van der Waals surface area contributed by atoms with Crippen LogP contribution in [-0.2, 0) is 11.3 Å². The van der Waals surface area contributed by atoms with Crippen LogP contribution < -0.4 is 10.1 Å². The molecule has 0 saturated carbocycles. The zero-order chi connectivity index (χ0) is 14.6. The lowest BCUT2D eigenvalue weighted by atomic mass is 9.95. The van der Waals surface area contributed by atoms with Crippen LogP contribution in [0.2, 0.25) is 0 Å². The van der Waals surface area contributed by atoms with Crippen molar-refractivity contribution < 1.29 is 19.4 Å². The number of nitrogens with one attached hydrogen (secondary N) is 1. The molecule has 0 bridgehead atoms. The van der Waals surface area contributed by atoms with Crippen molar-refractivity contribution in [2.75, 3.05) is 7.11 Å². The molecular weight excluding hydrogens is 246 g/mol. The maximum absolute atomic E-state index is 11.8. The number of hydrogen-bond acceptors (Lipinski definition) is 3. The molecule has 1 aromatic carbocycles. The fourth-order valence-corrected chi connectivity index (χ4v) is 1.58. The van der Waals surface area contributed by atoms with E-state index in [2.05, 4.69) is 5.32 Å². The van der Waals surface area contributed by atoms with Gasteiger partial charge in [-0.3, -0.25) is 4.79 Å². The molecule has 0 unspecified atom stereocenters. The molecule has 19 heavy (non-hydrogen) atoms. The molecule has 0 aliphatic carbocycles. The van der Waals surface area contributed by atoms with Crippen LogP contribution in [0.4, 0.5) is 0 Å². The molecule has 0 fully saturated rings. The maximum Gasteiger partial charge on any atom is 0.339 e. The molecule has 2 N–H and O–H groups in total. The Morgan fingerprint density at radius 3 is 2.42 bits per heavy atom. The Balaban J connectivity index is 2.96. The number of aromatic carboxylic acids is 1. The Hall–Kier alpha value is -2.04. The van der Waals surface area contributed by atoms with E-state index in [1.54, 1.807) is 39.0 Å². The lowest BCUT2D eigenvalue weighted by molar-refractivity contribution is -0.128. The zero-order valence-electron chi connectivity index (χ0n) is 11.6. The summed E-state index contributed by atoms with van der Waals surface area (Å²) in [5.74, 6) is -0.917. The molecule has 0 aromatic heterocycles. The van der Waals surface area contributed by atoms with Gasteiger partial charge in [-0.15, -0.1) is 0 Å². The summed E-state index contributed by atoms with van der Waals surface area (Å²) in [4.78, 5) is 23.0. The third-order valence-corrected chi connectivity index (χ3v) is 2.67. The van der Waals surface area contributed by atoms with E-state index in [1.807, 2.05) is 0 Å². The van der Waals surface area contributed by atoms with E-state index in [-0.39, 0.29) is 23.8 Å². The number of carbonyl (C=O) groups is 2. The van der Waals surface area contributed by atoms with Crippen molar-refractivity contribution in [3.63, 3.8) is 0 Å². The number of carboxylic acids is 1. The maximum atomic E-state index is 11.8. The first kappa shape index (κ1) is 15.0. The average molecular weight is 265 g/mol. The van der Waals surface area contributed by atoms with Crippen molar-refractivity contribution in [3.8, 4) is 5.75 Å². The third-order valence-electron chi connectivity index (χ3n) is 2.67. The van der Waals surface area contributed by atoms with Crippen LogP contribution in [0.15, 0.2) is 18.2 Å². The number of amides is 1. The largest absolute Gasteiger partial charge is 0.496 e. The summed E-state index contributed by atoms with van der Waals surface area (Å²) < 4.78 is 5.03. The van der Waals surface area contributed by atoms with Crippen LogP contribution in [0.3, 0.4) is 0 Å². The molecule has 0 radical (unpaired) electrons. The van der Waals surface area contributed by atoms with Gasteiger partial charge >= 0.3 is 5.97 Å². The first-order valence-electron chi connectivity index (χ1n) is 5.95. The molecule has 0 atom stereocenters. The molecule has 5 heteroatoms. The van der Waals surface area contributed by atoms with Crippen LogP contribution in [-0.4, -0.2) is 24.1 Å². The minimum Gasteiger partial charge on any atom is -0.496 e. The standard InChI is InChI=1S/C14H19NO4/c1-14(2,3)13(18)15-8-9-6-5-7-10(19-4)11(9)12(16)17/h5-7H,8H2,1-4H3,(H,15,18)(H,16,17). The highest BCUT2D eigenvalue weighted by atomic mass is 16.5. The van der Waals surface area contributed by atoms with Gasteiger partial charge in [0.1, 0.15) is 11.3 Å². The van der Waals surface area contributed by atoms with Crippen molar-refractivity contribution in [2.45, 2.75) is 27.3 Å². The van der Waals surface area contributed by atoms with E-state index in [4.69, 9.17) is 4.74 Å². The van der Waals surface area contributed by atoms with Gasteiger partial charge < -0.3 is 15.2 Å². The Morgan fingerprint density at radius 1 is 1.32 bits per heavy atom. The van der Waals surface area contributed by atoms with Crippen LogP contribution in [0.5, 0.6) is 5.75 Å². The average Bonchev–Trinajstić information content (AvgIpc) is 2.33. The normalized spacial score (nSPS) is 10.9. The van der Waals surface area contributed by atoms with Crippen molar-refractivity contribution in [3.05, 3.63) is 29.3 Å². The molecule has 0 spiro atoms. The van der Waals surface area contributed by atoms with Gasteiger partial charge in [-0.25, -0.2) is 4.79 Å². The van der Waals surface area contributed by atoms with Crippen molar-refractivity contribution >= 4 is 11.9 Å². The van der Waals surface area contributed by atoms with Gasteiger partial charge in [0.25, 0.3) is 0 Å². The first-order chi connectivity index (χ1) is 8.77. The lowest BCUT2D eigenvalue weighted by Crippen LogP contribution is -2.34. The topological polar surface area (TPSA) is 75.6 Å². The number of methoxy groups -OCH3 is 1. The van der Waals surface area contributed by atoms with E-state index in [0.29, 0.717) is 5.56 Å². The van der Waals surface area contributed by atoms with E-state index in [0.717, 1.165) is 0 Å². The van der Waals surface area contributed by atoms with Gasteiger partial charge in [0, 0.05) is 12.0 Å². The molecule has 1 amide bonds. The third kappa shape index (κ3) is 3.71. The van der Waals surface area contributed by atoms with Gasteiger partial charge in [-0.2, -0.15) is 0 Å². The monoisotopic (exact) mass is 265 g/mol. The second kappa shape index (κ2) is 5.73. The molecule has 0 saturated heterocycles. The van der Waals surface area contributed by atoms with Crippen molar-refractivity contribution in [1.29, 1.82) is 0 Å². The first-order valence-corrected chi connectivity index (χ1v) is 5.95. The van der Waals surface area contributed by atoms with E-state index < -0.39 is 11.4 Å². The summed E-state index contributed by atoms with van der Waals surface area (Å²) in [6.07, 6.45) is 0. The fourth-order valence-electron chi connectivity index (χ4n) is 1.58. The summed E-state index contributed by atoms with van der Waals surface area (Å²) in [6, 6.07) is 4.94. The molecule has 104 valence electrons. The van der Waals surface area contributed by atoms with E-state index in [9.17, 15) is 14.7 Å². The number of ether oxygens (including phenoxy) is 1. The zero-order valence-corrected chi connectivity index (χ0v) is 11.6. The highest BCUT2D eigenvalue weighted by Gasteiger charge is 2.22. The molecular formula is C14H19NO4. The Bertz CT molecular complexity index is 489. The molecule has 0 aliphatic rings. The summed E-state index contributed by atoms with van der Waals surface area (Å²) in [5.41, 5.74) is 0.0890. The quantitative estimate of drug-likeness (QED) is 0.873. The fraction of sp³-hybridized carbons (Fsp3) is 0.429. The number of hydrogen-bond donors (Lipinski definition) is 2. The predicted octanol–water partition coefficient (Wildman–Crippen LogP) is 2.06. The number of rotatable bonds is 4. The van der Waals surface area contributed by atoms with Crippen LogP contribution in [0, 0.1) is 5.41 Å². The number of carbonyl (C=O) groups excluding carboxylic acids is 1. The van der Waals surface area contributed by atoms with Crippen molar-refractivity contribution in [2.24, 2.45) is 5.41 Å². The highest BCUT2D eigenvalue weighted by molar-refractivity contribution is 5.93. The lowest BCUT2D eigenvalue weighted by Gasteiger charge is -2.18. The van der Waals surface area contributed by atoms with Crippen LogP contribution in [0.1, 0.15) is 36.7 Å². The molecule has 0 heterocycles. The minimum atomic E-state index is -1.07. The molecule has 0 aliphatic heterocycles. The second-order valence-corrected chi connectivity index (χ2v) is 5.23. The van der Waals surface area contributed by atoms with Crippen LogP contribution >= 0.6 is 0 Å². The van der Waals surface area contributed by atoms with Gasteiger partial charge in [0.2, 0.25) is 5.91 Å². The number of carboxylic acid groups (broad SMARTS) is 1. The van der Waals surface area contributed by atoms with Gasteiger partial charge in [0.05, 0.1) is 7.11 Å². The van der Waals surface area contributed by atoms with Gasteiger partial charge in [-0.1, -0.05) is 32.9 Å². The summed E-state index contributed by atoms with van der Waals surface area (Å²) in [7, 11) is 1.42. The number of benzene rings is 1. The van der Waals surface area contributed by atoms with Crippen molar-refractivity contribution in [1.82, 2.24) is 5.32 Å². The van der Waals surface area contributed by atoms with E-state index >= 15 is 0 Å². The Morgan fingerprint density at radius 2 is 1.95 bits per heavy atom. The van der Waals surface area contributed by atoms with Gasteiger partial charge in [0.15, 0.2) is 0 Å². The second-order valence-electron chi connectivity index (χ2n) is 5.23.